The van der Waals surface area contributed by atoms with Crippen molar-refractivity contribution in [2.75, 3.05) is 6.54 Å². The fourth-order valence-electron chi connectivity index (χ4n) is 3.39. The molecule has 1 unspecified atom stereocenters. The van der Waals surface area contributed by atoms with Crippen molar-refractivity contribution in [2.24, 2.45) is 0 Å². The number of imide groups is 1. The lowest BCUT2D eigenvalue weighted by atomic mass is 10.00. The second-order valence-corrected chi connectivity index (χ2v) is 7.77. The third-order valence-corrected chi connectivity index (χ3v) is 4.85. The number of carbonyl (C=O) groups is 3. The van der Waals surface area contributed by atoms with Gasteiger partial charge in [-0.1, -0.05) is 18.2 Å². The maximum Gasteiger partial charge on any atom is 0.407 e. The van der Waals surface area contributed by atoms with Crippen molar-refractivity contribution in [1.29, 1.82) is 0 Å². The Hall–Kier alpha value is -3.29. The molecule has 0 bridgehead atoms. The first kappa shape index (κ1) is 20.4. The van der Waals surface area contributed by atoms with E-state index in [1.165, 1.54) is 12.1 Å². The zero-order valence-electron chi connectivity index (χ0n) is 16.1. The van der Waals surface area contributed by atoms with E-state index in [0.717, 1.165) is 21.9 Å². The summed E-state index contributed by atoms with van der Waals surface area (Å²) >= 11 is 0. The third-order valence-electron chi connectivity index (χ3n) is 4.85. The van der Waals surface area contributed by atoms with Crippen molar-refractivity contribution in [2.45, 2.75) is 32.4 Å². The lowest BCUT2D eigenvalue weighted by Gasteiger charge is -2.38. The maximum absolute atomic E-state index is 14.6. The molecule has 1 atom stereocenters. The van der Waals surface area contributed by atoms with Crippen LogP contribution in [0.4, 0.5) is 13.6 Å². The smallest absolute Gasteiger partial charge is 0.407 e. The van der Waals surface area contributed by atoms with Gasteiger partial charge in [0.05, 0.1) is 17.2 Å². The minimum atomic E-state index is -1.29. The molecule has 29 heavy (non-hydrogen) atoms. The Morgan fingerprint density at radius 2 is 1.62 bits per heavy atom. The highest BCUT2D eigenvalue weighted by Crippen LogP contribution is 2.34. The van der Waals surface area contributed by atoms with Gasteiger partial charge in [0, 0.05) is 23.7 Å². The average Bonchev–Trinajstić information content (AvgIpc) is 2.87. The highest BCUT2D eigenvalue weighted by Gasteiger charge is 2.43. The number of nitrogens with zero attached hydrogens (tertiary/aromatic N) is 2. The van der Waals surface area contributed by atoms with Crippen LogP contribution in [0.1, 0.15) is 53.1 Å². The van der Waals surface area contributed by atoms with Crippen molar-refractivity contribution in [1.82, 2.24) is 9.80 Å². The highest BCUT2D eigenvalue weighted by molar-refractivity contribution is 6.21. The van der Waals surface area contributed by atoms with Gasteiger partial charge >= 0.3 is 6.09 Å². The van der Waals surface area contributed by atoms with Gasteiger partial charge in [0.1, 0.15) is 11.6 Å². The van der Waals surface area contributed by atoms with Crippen LogP contribution in [-0.2, 0) is 0 Å². The van der Waals surface area contributed by atoms with E-state index in [-0.39, 0.29) is 23.2 Å². The predicted octanol–water partition coefficient (Wildman–Crippen LogP) is 4.08. The summed E-state index contributed by atoms with van der Waals surface area (Å²) in [7, 11) is 0. The van der Waals surface area contributed by atoms with E-state index in [4.69, 9.17) is 0 Å². The molecule has 1 aliphatic heterocycles. The normalized spacial score (nSPS) is 14.7. The van der Waals surface area contributed by atoms with Crippen LogP contribution in [0, 0.1) is 11.6 Å². The van der Waals surface area contributed by atoms with Crippen LogP contribution >= 0.6 is 0 Å². The minimum Gasteiger partial charge on any atom is -0.465 e. The quantitative estimate of drug-likeness (QED) is 0.782. The molecule has 0 aromatic heterocycles. The summed E-state index contributed by atoms with van der Waals surface area (Å²) in [5.74, 6) is -3.10. The zero-order valence-corrected chi connectivity index (χ0v) is 16.1. The fourth-order valence-corrected chi connectivity index (χ4v) is 3.39. The minimum absolute atomic E-state index is 0.142. The van der Waals surface area contributed by atoms with E-state index in [2.05, 4.69) is 0 Å². The van der Waals surface area contributed by atoms with E-state index < -0.39 is 41.1 Å². The standard InChI is InChI=1S/C21H20F2N2O4/c1-21(2,3)24(20(28)29)11-17(15-9-8-12(22)10-16(15)23)25-18(26)13-6-4-5-7-14(13)19(25)27/h4-10,17H,11H2,1-3H3,(H,28,29). The Kier molecular flexibility index (Phi) is 5.13. The van der Waals surface area contributed by atoms with E-state index in [1.807, 2.05) is 0 Å². The number of rotatable bonds is 4. The van der Waals surface area contributed by atoms with Gasteiger partial charge in [0.2, 0.25) is 0 Å². The fraction of sp³-hybridized carbons (Fsp3) is 0.286. The van der Waals surface area contributed by atoms with Gasteiger partial charge in [-0.2, -0.15) is 0 Å². The highest BCUT2D eigenvalue weighted by atomic mass is 19.1. The Bertz CT molecular complexity index is 965. The van der Waals surface area contributed by atoms with Gasteiger partial charge in [0.15, 0.2) is 0 Å². The molecule has 1 heterocycles. The topological polar surface area (TPSA) is 77.9 Å². The molecule has 0 saturated carbocycles. The first-order valence-electron chi connectivity index (χ1n) is 8.95. The molecule has 0 radical (unpaired) electrons. The molecule has 2 aromatic carbocycles. The second-order valence-electron chi connectivity index (χ2n) is 7.77. The van der Waals surface area contributed by atoms with Crippen LogP contribution < -0.4 is 0 Å². The van der Waals surface area contributed by atoms with Crippen LogP contribution in [-0.4, -0.2) is 44.9 Å². The molecular weight excluding hydrogens is 382 g/mol. The van der Waals surface area contributed by atoms with Gasteiger partial charge in [-0.15, -0.1) is 0 Å². The second kappa shape index (κ2) is 7.27. The monoisotopic (exact) mass is 402 g/mol. The lowest BCUT2D eigenvalue weighted by molar-refractivity contribution is 0.0452. The summed E-state index contributed by atoms with van der Waals surface area (Å²) in [5.41, 5.74) is -0.721. The molecule has 0 spiro atoms. The van der Waals surface area contributed by atoms with E-state index in [9.17, 15) is 28.3 Å². The van der Waals surface area contributed by atoms with Gasteiger partial charge in [-0.05, 0) is 39.0 Å². The van der Waals surface area contributed by atoms with E-state index >= 15 is 0 Å². The number of fused-ring (bicyclic) bond motifs is 1. The summed E-state index contributed by atoms with van der Waals surface area (Å²) in [6.45, 7) is 4.55. The molecule has 0 aliphatic carbocycles. The van der Waals surface area contributed by atoms with Gasteiger partial charge in [0.25, 0.3) is 11.8 Å². The van der Waals surface area contributed by atoms with Crippen LogP contribution in [0.15, 0.2) is 42.5 Å². The van der Waals surface area contributed by atoms with Crippen molar-refractivity contribution in [3.8, 4) is 0 Å². The molecule has 3 rings (SSSR count). The molecule has 1 N–H and O–H groups in total. The Balaban J connectivity index is 2.13. The summed E-state index contributed by atoms with van der Waals surface area (Å²) in [5, 5.41) is 9.65. The van der Waals surface area contributed by atoms with Crippen LogP contribution in [0.3, 0.4) is 0 Å². The predicted molar refractivity (Wildman–Crippen MR) is 101 cm³/mol. The number of halogens is 2. The van der Waals surface area contributed by atoms with Crippen LogP contribution in [0.5, 0.6) is 0 Å². The van der Waals surface area contributed by atoms with Gasteiger partial charge < -0.3 is 10.0 Å². The van der Waals surface area contributed by atoms with Crippen molar-refractivity contribution in [3.05, 3.63) is 70.8 Å². The summed E-state index contributed by atoms with van der Waals surface area (Å²) in [6.07, 6.45) is -1.29. The Morgan fingerprint density at radius 1 is 1.07 bits per heavy atom. The molecular formula is C21H20F2N2O4. The summed E-state index contributed by atoms with van der Waals surface area (Å²) in [6, 6.07) is 7.66. The molecule has 1 aliphatic rings. The largest absolute Gasteiger partial charge is 0.465 e. The Morgan fingerprint density at radius 3 is 2.07 bits per heavy atom. The van der Waals surface area contributed by atoms with Crippen LogP contribution in [0.25, 0.3) is 0 Å². The maximum atomic E-state index is 14.6. The average molecular weight is 402 g/mol. The number of amides is 3. The molecule has 152 valence electrons. The van der Waals surface area contributed by atoms with Crippen molar-refractivity contribution in [3.63, 3.8) is 0 Å². The molecule has 0 fully saturated rings. The third kappa shape index (κ3) is 3.70. The molecule has 2 aromatic rings. The molecule has 6 nitrogen and oxygen atoms in total. The lowest BCUT2D eigenvalue weighted by Crippen LogP contribution is -2.50. The van der Waals surface area contributed by atoms with Crippen LogP contribution in [0.2, 0.25) is 0 Å². The van der Waals surface area contributed by atoms with E-state index in [0.29, 0.717) is 6.07 Å². The van der Waals surface area contributed by atoms with Crippen molar-refractivity contribution < 1.29 is 28.3 Å². The van der Waals surface area contributed by atoms with Gasteiger partial charge in [-0.25, -0.2) is 13.6 Å². The molecule has 0 saturated heterocycles. The summed E-state index contributed by atoms with van der Waals surface area (Å²) < 4.78 is 28.1. The number of hydrogen-bond acceptors (Lipinski definition) is 3. The number of carbonyl (C=O) groups excluding carboxylic acids is 2. The zero-order chi connectivity index (χ0) is 21.5. The SMILES string of the molecule is CC(C)(C)N(CC(c1ccc(F)cc1F)N1C(=O)c2ccccc2C1=O)C(=O)O. The summed E-state index contributed by atoms with van der Waals surface area (Å²) in [4.78, 5) is 39.6. The first-order chi connectivity index (χ1) is 13.5. The number of benzene rings is 2. The van der Waals surface area contributed by atoms with E-state index in [1.54, 1.807) is 32.9 Å². The number of hydrogen-bond donors (Lipinski definition) is 1. The molecule has 3 amide bonds. The Labute approximate surface area is 166 Å². The first-order valence-corrected chi connectivity index (χ1v) is 8.95. The molecule has 8 heteroatoms. The van der Waals surface area contributed by atoms with Crippen molar-refractivity contribution >= 4 is 17.9 Å². The number of carboxylic acid groups (broad SMARTS) is 1. The van der Waals surface area contributed by atoms with Gasteiger partial charge in [-0.3, -0.25) is 14.5 Å².